The average molecular weight is 531 g/mol. The highest BCUT2D eigenvalue weighted by Gasteiger charge is 2.42. The standard InChI is InChI=1S/C31H31ClN2O4/c32-23-7-8-27-22(18-23)19-38-31(27)11-15-34(16-12-31)14-2-4-24-25-3-1-13-33-28(25)20-37-29-9-5-21(17-26(24)29)6-10-30(35)36/h1,3-5,7-9,13,17-18H,2,6,10-12,14-16,19-20H2,(H,35,36)/b24-4+. The number of aromatic nitrogens is 1. The summed E-state index contributed by atoms with van der Waals surface area (Å²) in [6.07, 6.45) is 7.54. The molecule has 3 aliphatic rings. The lowest BCUT2D eigenvalue weighted by Gasteiger charge is -2.39. The van der Waals surface area contributed by atoms with E-state index < -0.39 is 5.97 Å². The van der Waals surface area contributed by atoms with Crippen molar-refractivity contribution in [1.29, 1.82) is 0 Å². The van der Waals surface area contributed by atoms with E-state index in [9.17, 15) is 4.79 Å². The fraction of sp³-hybridized carbons (Fsp3) is 0.355. The van der Waals surface area contributed by atoms with Crippen molar-refractivity contribution in [3.05, 3.63) is 99.3 Å². The first kappa shape index (κ1) is 25.1. The van der Waals surface area contributed by atoms with Gasteiger partial charge in [0.2, 0.25) is 0 Å². The molecular weight excluding hydrogens is 500 g/mol. The molecule has 4 heterocycles. The summed E-state index contributed by atoms with van der Waals surface area (Å²) >= 11 is 6.20. The van der Waals surface area contributed by atoms with Gasteiger partial charge in [0.15, 0.2) is 0 Å². The number of ether oxygens (including phenoxy) is 2. The summed E-state index contributed by atoms with van der Waals surface area (Å²) in [7, 11) is 0. The first-order valence-electron chi connectivity index (χ1n) is 13.3. The van der Waals surface area contributed by atoms with Gasteiger partial charge in [0.25, 0.3) is 0 Å². The van der Waals surface area contributed by atoms with Crippen LogP contribution >= 0.6 is 11.6 Å². The van der Waals surface area contributed by atoms with E-state index in [-0.39, 0.29) is 12.0 Å². The van der Waals surface area contributed by atoms with Gasteiger partial charge < -0.3 is 19.5 Å². The van der Waals surface area contributed by atoms with E-state index in [1.165, 1.54) is 11.1 Å². The van der Waals surface area contributed by atoms with Crippen LogP contribution in [0.2, 0.25) is 5.02 Å². The zero-order valence-electron chi connectivity index (χ0n) is 21.3. The topological polar surface area (TPSA) is 71.9 Å². The molecule has 0 aliphatic carbocycles. The lowest BCUT2D eigenvalue weighted by atomic mass is 9.84. The van der Waals surface area contributed by atoms with Crippen LogP contribution in [0, 0.1) is 0 Å². The van der Waals surface area contributed by atoms with Crippen molar-refractivity contribution in [3.63, 3.8) is 0 Å². The van der Waals surface area contributed by atoms with Crippen molar-refractivity contribution in [1.82, 2.24) is 9.88 Å². The molecule has 0 amide bonds. The monoisotopic (exact) mass is 530 g/mol. The molecule has 6 nitrogen and oxygen atoms in total. The first-order chi connectivity index (χ1) is 18.5. The molecule has 2 aromatic carbocycles. The molecule has 38 heavy (non-hydrogen) atoms. The third-order valence-electron chi connectivity index (χ3n) is 8.03. The van der Waals surface area contributed by atoms with E-state index in [0.29, 0.717) is 19.6 Å². The van der Waals surface area contributed by atoms with Gasteiger partial charge in [0.05, 0.1) is 17.9 Å². The van der Waals surface area contributed by atoms with Crippen LogP contribution in [0.1, 0.15) is 59.2 Å². The molecule has 3 aromatic rings. The van der Waals surface area contributed by atoms with Crippen LogP contribution in [0.5, 0.6) is 5.75 Å². The highest BCUT2D eigenvalue weighted by atomic mass is 35.5. The van der Waals surface area contributed by atoms with E-state index in [4.69, 9.17) is 26.2 Å². The SMILES string of the molecule is O=C(O)CCc1ccc2c(c1)/C(=C/CCN1CCC3(CC1)OCc1cc(Cl)ccc13)c1cccnc1CO2. The molecule has 0 unspecified atom stereocenters. The first-order valence-corrected chi connectivity index (χ1v) is 13.7. The average Bonchev–Trinajstić information content (AvgIpc) is 3.18. The normalized spacial score (nSPS) is 18.9. The summed E-state index contributed by atoms with van der Waals surface area (Å²) in [5.41, 5.74) is 7.45. The Bertz CT molecular complexity index is 1390. The maximum absolute atomic E-state index is 11.1. The summed E-state index contributed by atoms with van der Waals surface area (Å²) in [6, 6.07) is 16.2. The number of likely N-dealkylation sites (tertiary alicyclic amines) is 1. The van der Waals surface area contributed by atoms with Gasteiger partial charge in [-0.1, -0.05) is 35.9 Å². The number of pyridine rings is 1. The van der Waals surface area contributed by atoms with Gasteiger partial charge in [-0.15, -0.1) is 0 Å². The number of halogens is 1. The maximum atomic E-state index is 11.1. The number of carbonyl (C=O) groups is 1. The fourth-order valence-corrected chi connectivity index (χ4v) is 6.19. The second kappa shape index (κ2) is 10.5. The predicted molar refractivity (Wildman–Crippen MR) is 146 cm³/mol. The molecule has 3 aliphatic heterocycles. The van der Waals surface area contributed by atoms with Crippen LogP contribution in [-0.2, 0) is 34.8 Å². The highest BCUT2D eigenvalue weighted by Crippen LogP contribution is 2.45. The zero-order chi connectivity index (χ0) is 26.1. The Hall–Kier alpha value is -3.19. The second-order valence-corrected chi connectivity index (χ2v) is 10.8. The minimum atomic E-state index is -0.792. The molecule has 0 bridgehead atoms. The summed E-state index contributed by atoms with van der Waals surface area (Å²) in [5, 5.41) is 9.91. The van der Waals surface area contributed by atoms with Crippen molar-refractivity contribution in [2.24, 2.45) is 0 Å². The van der Waals surface area contributed by atoms with Crippen molar-refractivity contribution < 1.29 is 19.4 Å². The van der Waals surface area contributed by atoms with E-state index >= 15 is 0 Å². The number of aryl methyl sites for hydroxylation is 1. The Labute approximate surface area is 227 Å². The molecule has 1 fully saturated rings. The van der Waals surface area contributed by atoms with E-state index in [0.717, 1.165) is 77.6 Å². The van der Waals surface area contributed by atoms with Crippen molar-refractivity contribution in [2.75, 3.05) is 19.6 Å². The van der Waals surface area contributed by atoms with Gasteiger partial charge in [-0.3, -0.25) is 9.78 Å². The van der Waals surface area contributed by atoms with Gasteiger partial charge in [0, 0.05) is 48.4 Å². The number of benzene rings is 2. The summed E-state index contributed by atoms with van der Waals surface area (Å²) in [6.45, 7) is 3.99. The predicted octanol–water partition coefficient (Wildman–Crippen LogP) is 5.99. The number of aliphatic carboxylic acids is 1. The Morgan fingerprint density at radius 2 is 1.97 bits per heavy atom. The second-order valence-electron chi connectivity index (χ2n) is 10.3. The summed E-state index contributed by atoms with van der Waals surface area (Å²) in [5.74, 6) is 0.0190. The molecule has 0 atom stereocenters. The maximum Gasteiger partial charge on any atom is 0.303 e. The van der Waals surface area contributed by atoms with Crippen molar-refractivity contribution in [3.8, 4) is 5.75 Å². The molecule has 0 saturated carbocycles. The number of carboxylic acids is 1. The molecular formula is C31H31ClN2O4. The quantitative estimate of drug-likeness (QED) is 0.422. The van der Waals surface area contributed by atoms with Gasteiger partial charge in [-0.2, -0.15) is 0 Å². The van der Waals surface area contributed by atoms with Crippen LogP contribution in [0.3, 0.4) is 0 Å². The van der Waals surface area contributed by atoms with Crippen LogP contribution in [0.25, 0.3) is 5.57 Å². The molecule has 1 spiro atoms. The number of nitrogens with zero attached hydrogens (tertiary/aromatic N) is 2. The lowest BCUT2D eigenvalue weighted by molar-refractivity contribution is -0.136. The van der Waals surface area contributed by atoms with E-state index in [2.05, 4.69) is 34.2 Å². The largest absolute Gasteiger partial charge is 0.487 e. The molecule has 196 valence electrons. The Kier molecular flexibility index (Phi) is 6.95. The highest BCUT2D eigenvalue weighted by molar-refractivity contribution is 6.30. The molecule has 7 heteroatoms. The summed E-state index contributed by atoms with van der Waals surface area (Å²) < 4.78 is 12.5. The number of carboxylic acid groups (broad SMARTS) is 1. The van der Waals surface area contributed by atoms with Crippen LogP contribution in [0.15, 0.2) is 60.8 Å². The number of piperidine rings is 1. The molecule has 1 saturated heterocycles. The number of hydrogen-bond donors (Lipinski definition) is 1. The molecule has 1 aromatic heterocycles. The minimum absolute atomic E-state index is 0.106. The third-order valence-corrected chi connectivity index (χ3v) is 8.26. The van der Waals surface area contributed by atoms with Gasteiger partial charge in [-0.25, -0.2) is 0 Å². The summed E-state index contributed by atoms with van der Waals surface area (Å²) in [4.78, 5) is 18.2. The molecule has 6 rings (SSSR count). The van der Waals surface area contributed by atoms with Crippen molar-refractivity contribution >= 4 is 23.1 Å². The molecule has 1 N–H and O–H groups in total. The smallest absolute Gasteiger partial charge is 0.303 e. The third kappa shape index (κ3) is 4.96. The Balaban J connectivity index is 1.19. The minimum Gasteiger partial charge on any atom is -0.487 e. The van der Waals surface area contributed by atoms with Crippen LogP contribution in [0.4, 0.5) is 0 Å². The number of rotatable bonds is 6. The Morgan fingerprint density at radius 1 is 1.11 bits per heavy atom. The molecule has 0 radical (unpaired) electrons. The van der Waals surface area contributed by atoms with Gasteiger partial charge in [-0.05, 0) is 78.3 Å². The number of hydrogen-bond acceptors (Lipinski definition) is 5. The lowest BCUT2D eigenvalue weighted by Crippen LogP contribution is -2.42. The van der Waals surface area contributed by atoms with E-state index in [1.54, 1.807) is 6.20 Å². The van der Waals surface area contributed by atoms with Gasteiger partial charge >= 0.3 is 5.97 Å². The van der Waals surface area contributed by atoms with E-state index in [1.807, 2.05) is 30.3 Å². The zero-order valence-corrected chi connectivity index (χ0v) is 22.0. The number of fused-ring (bicyclic) bond motifs is 4. The Morgan fingerprint density at radius 3 is 2.82 bits per heavy atom. The van der Waals surface area contributed by atoms with Gasteiger partial charge in [0.1, 0.15) is 12.4 Å². The van der Waals surface area contributed by atoms with Crippen LogP contribution < -0.4 is 4.74 Å². The fourth-order valence-electron chi connectivity index (χ4n) is 5.99. The van der Waals surface area contributed by atoms with Crippen LogP contribution in [-0.4, -0.2) is 40.6 Å². The van der Waals surface area contributed by atoms with Crippen molar-refractivity contribution in [2.45, 2.75) is 50.9 Å².